The molecule has 14 heavy (non-hydrogen) atoms. The second-order valence-electron chi connectivity index (χ2n) is 3.08. The fourth-order valence-electron chi connectivity index (χ4n) is 1.08. The van der Waals surface area contributed by atoms with Gasteiger partial charge in [0.25, 0.3) is 0 Å². The second kappa shape index (κ2) is 6.73. The standard InChI is InChI=1S/C9H17N3OS/c1-2-8-11-9(14-12-8)10-6-4-3-5-7-13/h13H,2-7H2,1H3,(H,10,11,12). The van der Waals surface area contributed by atoms with Crippen molar-refractivity contribution >= 4 is 16.7 Å². The third-order valence-electron chi connectivity index (χ3n) is 1.90. The number of nitrogens with zero attached hydrogens (tertiary/aromatic N) is 2. The van der Waals surface area contributed by atoms with Crippen LogP contribution in [0, 0.1) is 0 Å². The zero-order valence-electron chi connectivity index (χ0n) is 8.49. The van der Waals surface area contributed by atoms with Crippen molar-refractivity contribution in [2.75, 3.05) is 18.5 Å². The number of hydrogen-bond acceptors (Lipinski definition) is 5. The molecule has 0 radical (unpaired) electrons. The first kappa shape index (κ1) is 11.4. The molecule has 0 aliphatic rings. The van der Waals surface area contributed by atoms with E-state index in [1.807, 2.05) is 6.92 Å². The first-order valence-corrected chi connectivity index (χ1v) is 5.81. The number of aliphatic hydroxyl groups is 1. The smallest absolute Gasteiger partial charge is 0.202 e. The van der Waals surface area contributed by atoms with Gasteiger partial charge in [-0.1, -0.05) is 6.92 Å². The highest BCUT2D eigenvalue weighted by Crippen LogP contribution is 2.11. The van der Waals surface area contributed by atoms with Crippen LogP contribution < -0.4 is 5.32 Å². The Labute approximate surface area is 88.6 Å². The SMILES string of the molecule is CCc1nsc(NCCCCCO)n1. The number of rotatable bonds is 7. The molecule has 1 aromatic rings. The van der Waals surface area contributed by atoms with Crippen LogP contribution in [-0.4, -0.2) is 27.6 Å². The predicted molar refractivity (Wildman–Crippen MR) is 58.7 cm³/mol. The molecular formula is C9H17N3OS. The molecule has 5 heteroatoms. The summed E-state index contributed by atoms with van der Waals surface area (Å²) < 4.78 is 4.18. The minimum atomic E-state index is 0.290. The summed E-state index contributed by atoms with van der Waals surface area (Å²) in [6, 6.07) is 0. The Kier molecular flexibility index (Phi) is 5.47. The molecule has 0 saturated heterocycles. The first-order chi connectivity index (χ1) is 6.86. The molecule has 0 saturated carbocycles. The summed E-state index contributed by atoms with van der Waals surface area (Å²) in [6.07, 6.45) is 3.91. The Morgan fingerprint density at radius 3 is 2.86 bits per heavy atom. The number of nitrogens with one attached hydrogen (secondary N) is 1. The average molecular weight is 215 g/mol. The summed E-state index contributed by atoms with van der Waals surface area (Å²) in [5.74, 6) is 0.910. The molecule has 4 nitrogen and oxygen atoms in total. The maximum absolute atomic E-state index is 8.58. The van der Waals surface area contributed by atoms with E-state index in [2.05, 4.69) is 14.7 Å². The monoisotopic (exact) mass is 215 g/mol. The quantitative estimate of drug-likeness (QED) is 0.679. The molecule has 0 spiro atoms. The molecule has 0 unspecified atom stereocenters. The lowest BCUT2D eigenvalue weighted by molar-refractivity contribution is 0.283. The van der Waals surface area contributed by atoms with Gasteiger partial charge in [-0.05, 0) is 19.3 Å². The van der Waals surface area contributed by atoms with Crippen molar-refractivity contribution in [3.63, 3.8) is 0 Å². The molecule has 0 fully saturated rings. The number of aromatic nitrogens is 2. The third kappa shape index (κ3) is 4.02. The second-order valence-corrected chi connectivity index (χ2v) is 3.83. The Bertz CT molecular complexity index is 252. The maximum Gasteiger partial charge on any atom is 0.202 e. The molecule has 0 atom stereocenters. The van der Waals surface area contributed by atoms with E-state index in [4.69, 9.17) is 5.11 Å². The van der Waals surface area contributed by atoms with Crippen LogP contribution in [-0.2, 0) is 6.42 Å². The van der Waals surface area contributed by atoms with E-state index in [9.17, 15) is 0 Å². The molecule has 0 aromatic carbocycles. The van der Waals surface area contributed by atoms with E-state index in [0.29, 0.717) is 6.61 Å². The zero-order chi connectivity index (χ0) is 10.2. The van der Waals surface area contributed by atoms with E-state index in [-0.39, 0.29) is 0 Å². The number of aliphatic hydroxyl groups excluding tert-OH is 1. The molecule has 1 heterocycles. The highest BCUT2D eigenvalue weighted by atomic mass is 32.1. The molecule has 1 rings (SSSR count). The van der Waals surface area contributed by atoms with Crippen molar-refractivity contribution in [1.82, 2.24) is 9.36 Å². The molecule has 1 aromatic heterocycles. The summed E-state index contributed by atoms with van der Waals surface area (Å²) in [5.41, 5.74) is 0. The number of aryl methyl sites for hydroxylation is 1. The third-order valence-corrected chi connectivity index (χ3v) is 2.61. The van der Waals surface area contributed by atoms with E-state index in [1.165, 1.54) is 11.5 Å². The summed E-state index contributed by atoms with van der Waals surface area (Å²) in [6.45, 7) is 3.25. The van der Waals surface area contributed by atoms with Gasteiger partial charge in [-0.2, -0.15) is 4.37 Å². The van der Waals surface area contributed by atoms with E-state index in [0.717, 1.165) is 43.2 Å². The molecular weight excluding hydrogens is 198 g/mol. The molecule has 80 valence electrons. The number of unbranched alkanes of at least 4 members (excludes halogenated alkanes) is 2. The van der Waals surface area contributed by atoms with Gasteiger partial charge in [0.15, 0.2) is 0 Å². The highest BCUT2D eigenvalue weighted by molar-refractivity contribution is 7.09. The van der Waals surface area contributed by atoms with Crippen molar-refractivity contribution in [1.29, 1.82) is 0 Å². The van der Waals surface area contributed by atoms with Crippen LogP contribution in [0.25, 0.3) is 0 Å². The van der Waals surface area contributed by atoms with Gasteiger partial charge >= 0.3 is 0 Å². The minimum Gasteiger partial charge on any atom is -0.396 e. The van der Waals surface area contributed by atoms with Gasteiger partial charge in [0.05, 0.1) is 0 Å². The van der Waals surface area contributed by atoms with Gasteiger partial charge in [0.1, 0.15) is 5.82 Å². The average Bonchev–Trinajstić information content (AvgIpc) is 2.65. The van der Waals surface area contributed by atoms with Crippen molar-refractivity contribution < 1.29 is 5.11 Å². The van der Waals surface area contributed by atoms with Crippen molar-refractivity contribution in [3.05, 3.63) is 5.82 Å². The van der Waals surface area contributed by atoms with Gasteiger partial charge in [0, 0.05) is 31.1 Å². The molecule has 0 amide bonds. The largest absolute Gasteiger partial charge is 0.396 e. The number of anilines is 1. The normalized spacial score (nSPS) is 10.4. The predicted octanol–water partition coefficient (Wildman–Crippen LogP) is 1.67. The van der Waals surface area contributed by atoms with Crippen molar-refractivity contribution in [2.24, 2.45) is 0 Å². The van der Waals surface area contributed by atoms with Gasteiger partial charge in [-0.15, -0.1) is 0 Å². The lowest BCUT2D eigenvalue weighted by Gasteiger charge is -2.00. The topological polar surface area (TPSA) is 58.0 Å². The van der Waals surface area contributed by atoms with Crippen LogP contribution in [0.3, 0.4) is 0 Å². The Balaban J connectivity index is 2.12. The zero-order valence-corrected chi connectivity index (χ0v) is 9.31. The molecule has 0 bridgehead atoms. The molecule has 0 aliphatic carbocycles. The van der Waals surface area contributed by atoms with Crippen molar-refractivity contribution in [2.45, 2.75) is 32.6 Å². The maximum atomic E-state index is 8.58. The van der Waals surface area contributed by atoms with Crippen LogP contribution in [0.1, 0.15) is 32.0 Å². The lowest BCUT2D eigenvalue weighted by Crippen LogP contribution is -2.01. The Morgan fingerprint density at radius 2 is 2.21 bits per heavy atom. The fraction of sp³-hybridized carbons (Fsp3) is 0.778. The molecule has 2 N–H and O–H groups in total. The summed E-state index contributed by atoms with van der Waals surface area (Å²) in [7, 11) is 0. The fourth-order valence-corrected chi connectivity index (χ4v) is 1.75. The highest BCUT2D eigenvalue weighted by Gasteiger charge is 1.99. The van der Waals surface area contributed by atoms with Gasteiger partial charge in [-0.3, -0.25) is 0 Å². The summed E-state index contributed by atoms with van der Waals surface area (Å²) >= 11 is 1.42. The first-order valence-electron chi connectivity index (χ1n) is 5.04. The van der Waals surface area contributed by atoms with Crippen LogP contribution in [0.4, 0.5) is 5.13 Å². The molecule has 0 aliphatic heterocycles. The van der Waals surface area contributed by atoms with Crippen molar-refractivity contribution in [3.8, 4) is 0 Å². The van der Waals surface area contributed by atoms with Gasteiger partial charge < -0.3 is 10.4 Å². The van der Waals surface area contributed by atoms with E-state index in [1.54, 1.807) is 0 Å². The van der Waals surface area contributed by atoms with Crippen LogP contribution in [0.15, 0.2) is 0 Å². The lowest BCUT2D eigenvalue weighted by atomic mass is 10.2. The van der Waals surface area contributed by atoms with Gasteiger partial charge in [-0.25, -0.2) is 4.98 Å². The minimum absolute atomic E-state index is 0.290. The summed E-state index contributed by atoms with van der Waals surface area (Å²) in [5, 5.41) is 12.7. The van der Waals surface area contributed by atoms with Gasteiger partial charge in [0.2, 0.25) is 5.13 Å². The van der Waals surface area contributed by atoms with E-state index < -0.39 is 0 Å². The van der Waals surface area contributed by atoms with E-state index >= 15 is 0 Å². The number of hydrogen-bond donors (Lipinski definition) is 2. The van der Waals surface area contributed by atoms with Crippen LogP contribution in [0.2, 0.25) is 0 Å². The van der Waals surface area contributed by atoms with Crippen LogP contribution in [0.5, 0.6) is 0 Å². The Hall–Kier alpha value is -0.680. The van der Waals surface area contributed by atoms with Crippen LogP contribution >= 0.6 is 11.5 Å². The summed E-state index contributed by atoms with van der Waals surface area (Å²) in [4.78, 5) is 4.29. The Morgan fingerprint density at radius 1 is 1.36 bits per heavy atom.